The van der Waals surface area contributed by atoms with E-state index < -0.39 is 0 Å². The highest BCUT2D eigenvalue weighted by Crippen LogP contribution is 2.29. The summed E-state index contributed by atoms with van der Waals surface area (Å²) in [5, 5.41) is 0. The van der Waals surface area contributed by atoms with E-state index in [2.05, 4.69) is 20.9 Å². The Morgan fingerprint density at radius 2 is 2.27 bits per heavy atom. The highest BCUT2D eigenvalue weighted by atomic mass is 79.9. The Hall–Kier alpha value is -1.23. The van der Waals surface area contributed by atoms with Crippen molar-refractivity contribution in [1.29, 1.82) is 0 Å². The smallest absolute Gasteiger partial charge is 0.238 e. The van der Waals surface area contributed by atoms with E-state index in [0.717, 1.165) is 4.90 Å². The third-order valence-electron chi connectivity index (χ3n) is 2.32. The number of halogens is 1. The quantitative estimate of drug-likeness (QED) is 0.730. The summed E-state index contributed by atoms with van der Waals surface area (Å²) in [7, 11) is 0. The minimum absolute atomic E-state index is 0.181. The molecule has 2 heterocycles. The maximum absolute atomic E-state index is 11.7. The van der Waals surface area contributed by atoms with Gasteiger partial charge in [-0.2, -0.15) is 0 Å². The van der Waals surface area contributed by atoms with Gasteiger partial charge in [-0.25, -0.2) is 9.88 Å². The molecule has 78 valence electrons. The van der Waals surface area contributed by atoms with Crippen LogP contribution in [0, 0.1) is 5.92 Å². The van der Waals surface area contributed by atoms with E-state index in [-0.39, 0.29) is 24.2 Å². The first-order valence-corrected chi connectivity index (χ1v) is 5.38. The third kappa shape index (κ3) is 1.67. The van der Waals surface area contributed by atoms with Crippen LogP contribution in [0.2, 0.25) is 0 Å². The zero-order valence-corrected chi connectivity index (χ0v) is 9.69. The van der Waals surface area contributed by atoms with Gasteiger partial charge in [-0.05, 0) is 28.1 Å². The summed E-state index contributed by atoms with van der Waals surface area (Å²) in [6.45, 7) is 1.75. The van der Waals surface area contributed by atoms with Gasteiger partial charge in [0.15, 0.2) is 5.82 Å². The lowest BCUT2D eigenvalue weighted by Crippen LogP contribution is -2.31. The number of amides is 2. The van der Waals surface area contributed by atoms with Gasteiger partial charge in [0.1, 0.15) is 0 Å². The van der Waals surface area contributed by atoms with Crippen molar-refractivity contribution in [3.8, 4) is 0 Å². The van der Waals surface area contributed by atoms with Gasteiger partial charge in [-0.15, -0.1) is 0 Å². The summed E-state index contributed by atoms with van der Waals surface area (Å²) in [5.41, 5.74) is 0. The number of anilines is 1. The molecule has 1 aromatic heterocycles. The molecule has 0 radical (unpaired) electrons. The van der Waals surface area contributed by atoms with Gasteiger partial charge in [0, 0.05) is 18.5 Å². The molecule has 15 heavy (non-hydrogen) atoms. The lowest BCUT2D eigenvalue weighted by atomic mass is 10.1. The van der Waals surface area contributed by atoms with Crippen LogP contribution in [0.25, 0.3) is 0 Å². The average Bonchev–Trinajstić information content (AvgIpc) is 2.43. The largest absolute Gasteiger partial charge is 0.274 e. The number of aromatic nitrogens is 1. The molecule has 1 aliphatic rings. The molecule has 0 bridgehead atoms. The van der Waals surface area contributed by atoms with Crippen LogP contribution in [-0.4, -0.2) is 16.8 Å². The molecule has 0 aliphatic carbocycles. The predicted molar refractivity (Wildman–Crippen MR) is 58.2 cm³/mol. The highest BCUT2D eigenvalue weighted by molar-refractivity contribution is 9.10. The van der Waals surface area contributed by atoms with Crippen LogP contribution in [0.5, 0.6) is 0 Å². The third-order valence-corrected chi connectivity index (χ3v) is 2.94. The lowest BCUT2D eigenvalue weighted by Gasteiger charge is -2.14. The van der Waals surface area contributed by atoms with E-state index in [1.807, 2.05) is 0 Å². The molecular formula is C10H9BrN2O2. The van der Waals surface area contributed by atoms with Crippen molar-refractivity contribution >= 4 is 33.6 Å². The molecule has 1 unspecified atom stereocenters. The fraction of sp³-hybridized carbons (Fsp3) is 0.300. The summed E-state index contributed by atoms with van der Waals surface area (Å²) in [4.78, 5) is 28.5. The van der Waals surface area contributed by atoms with Crippen LogP contribution in [0.4, 0.5) is 5.82 Å². The molecule has 2 rings (SSSR count). The number of hydrogen-bond donors (Lipinski definition) is 0. The molecule has 1 fully saturated rings. The maximum Gasteiger partial charge on any atom is 0.238 e. The molecule has 2 amide bonds. The summed E-state index contributed by atoms with van der Waals surface area (Å²) < 4.78 is 0.654. The Labute approximate surface area is 95.4 Å². The minimum atomic E-state index is -0.244. The Morgan fingerprint density at radius 3 is 2.80 bits per heavy atom. The van der Waals surface area contributed by atoms with Crippen LogP contribution in [0.1, 0.15) is 13.3 Å². The molecule has 1 aliphatic heterocycles. The summed E-state index contributed by atoms with van der Waals surface area (Å²) in [5.74, 6) is -0.227. The van der Waals surface area contributed by atoms with Crippen molar-refractivity contribution in [3.05, 3.63) is 22.8 Å². The minimum Gasteiger partial charge on any atom is -0.274 e. The molecule has 1 saturated heterocycles. The molecule has 0 N–H and O–H groups in total. The van der Waals surface area contributed by atoms with Crippen LogP contribution in [-0.2, 0) is 9.59 Å². The topological polar surface area (TPSA) is 50.3 Å². The van der Waals surface area contributed by atoms with Crippen LogP contribution in [0.15, 0.2) is 22.8 Å². The van der Waals surface area contributed by atoms with Gasteiger partial charge in [0.25, 0.3) is 0 Å². The zero-order chi connectivity index (χ0) is 11.0. The van der Waals surface area contributed by atoms with Crippen molar-refractivity contribution in [3.63, 3.8) is 0 Å². The molecule has 0 aromatic carbocycles. The monoisotopic (exact) mass is 268 g/mol. The number of nitrogens with zero attached hydrogens (tertiary/aromatic N) is 2. The van der Waals surface area contributed by atoms with Gasteiger partial charge in [-0.1, -0.05) is 6.92 Å². The van der Waals surface area contributed by atoms with Crippen LogP contribution >= 0.6 is 15.9 Å². The maximum atomic E-state index is 11.7. The number of rotatable bonds is 1. The van der Waals surface area contributed by atoms with Gasteiger partial charge in [0.2, 0.25) is 11.8 Å². The van der Waals surface area contributed by atoms with Crippen molar-refractivity contribution in [2.75, 3.05) is 4.90 Å². The first-order valence-electron chi connectivity index (χ1n) is 4.58. The Kier molecular flexibility index (Phi) is 2.56. The van der Waals surface area contributed by atoms with E-state index in [1.165, 1.54) is 0 Å². The number of imide groups is 1. The molecule has 0 saturated carbocycles. The fourth-order valence-electron chi connectivity index (χ4n) is 1.55. The van der Waals surface area contributed by atoms with E-state index in [9.17, 15) is 9.59 Å². The molecular weight excluding hydrogens is 260 g/mol. The molecule has 0 spiro atoms. The average molecular weight is 269 g/mol. The van der Waals surface area contributed by atoms with Crippen molar-refractivity contribution < 1.29 is 9.59 Å². The van der Waals surface area contributed by atoms with E-state index in [0.29, 0.717) is 10.3 Å². The second-order valence-electron chi connectivity index (χ2n) is 3.48. The fourth-order valence-corrected chi connectivity index (χ4v) is 1.98. The molecule has 5 heteroatoms. The molecule has 1 atom stereocenters. The molecule has 4 nitrogen and oxygen atoms in total. The van der Waals surface area contributed by atoms with Crippen molar-refractivity contribution in [2.24, 2.45) is 5.92 Å². The number of carbonyl (C=O) groups is 2. The van der Waals surface area contributed by atoms with Crippen LogP contribution in [0.3, 0.4) is 0 Å². The summed E-state index contributed by atoms with van der Waals surface area (Å²) in [6, 6.07) is 3.49. The first-order chi connectivity index (χ1) is 7.11. The number of pyridine rings is 1. The van der Waals surface area contributed by atoms with Gasteiger partial charge < -0.3 is 0 Å². The lowest BCUT2D eigenvalue weighted by molar-refractivity contribution is -0.122. The number of hydrogen-bond acceptors (Lipinski definition) is 3. The first kappa shape index (κ1) is 10.3. The van der Waals surface area contributed by atoms with E-state index in [1.54, 1.807) is 25.3 Å². The van der Waals surface area contributed by atoms with E-state index >= 15 is 0 Å². The predicted octanol–water partition coefficient (Wildman–Crippen LogP) is 1.74. The summed E-state index contributed by atoms with van der Waals surface area (Å²) in [6.07, 6.45) is 1.82. The Balaban J connectivity index is 2.44. The SMILES string of the molecule is CC1CC(=O)N(c2ncccc2Br)C1=O. The Morgan fingerprint density at radius 1 is 1.53 bits per heavy atom. The van der Waals surface area contributed by atoms with Gasteiger partial charge >= 0.3 is 0 Å². The Bertz CT molecular complexity index is 433. The molecule has 1 aromatic rings. The second-order valence-corrected chi connectivity index (χ2v) is 4.34. The zero-order valence-electron chi connectivity index (χ0n) is 8.11. The van der Waals surface area contributed by atoms with Crippen molar-refractivity contribution in [2.45, 2.75) is 13.3 Å². The highest BCUT2D eigenvalue weighted by Gasteiger charge is 2.38. The normalized spacial score (nSPS) is 21.2. The second kappa shape index (κ2) is 3.73. The van der Waals surface area contributed by atoms with E-state index in [4.69, 9.17) is 0 Å². The van der Waals surface area contributed by atoms with Crippen LogP contribution < -0.4 is 4.90 Å². The van der Waals surface area contributed by atoms with Crippen molar-refractivity contribution in [1.82, 2.24) is 4.98 Å². The standard InChI is InChI=1S/C10H9BrN2O2/c1-6-5-8(14)13(10(6)15)9-7(11)3-2-4-12-9/h2-4,6H,5H2,1H3. The van der Waals surface area contributed by atoms with Gasteiger partial charge in [-0.3, -0.25) is 9.59 Å². The van der Waals surface area contributed by atoms with Gasteiger partial charge in [0.05, 0.1) is 4.47 Å². The summed E-state index contributed by atoms with van der Waals surface area (Å²) >= 11 is 3.27. The number of carbonyl (C=O) groups excluding carboxylic acids is 2.